The first-order valence-electron chi connectivity index (χ1n) is 5.49. The SMILES string of the molecule is COc1ccnc(NCCCC2CC2)n1. The third kappa shape index (κ3) is 3.38. The van der Waals surface area contributed by atoms with E-state index in [-0.39, 0.29) is 0 Å². The van der Waals surface area contributed by atoms with Crippen molar-refractivity contribution >= 4 is 5.95 Å². The van der Waals surface area contributed by atoms with Crippen LogP contribution in [0.1, 0.15) is 25.7 Å². The van der Waals surface area contributed by atoms with Crippen LogP contribution in [-0.4, -0.2) is 23.6 Å². The number of anilines is 1. The molecular weight excluding hydrogens is 190 g/mol. The van der Waals surface area contributed by atoms with Gasteiger partial charge < -0.3 is 10.1 Å². The third-order valence-corrected chi connectivity index (χ3v) is 2.61. The van der Waals surface area contributed by atoms with E-state index < -0.39 is 0 Å². The second-order valence-electron chi connectivity index (χ2n) is 3.93. The summed E-state index contributed by atoms with van der Waals surface area (Å²) in [7, 11) is 1.61. The standard InChI is InChI=1S/C11H17N3O/c1-15-10-6-8-13-11(14-10)12-7-2-3-9-4-5-9/h6,8-9H,2-5,7H2,1H3,(H,12,13,14). The van der Waals surface area contributed by atoms with Crippen LogP contribution in [0.5, 0.6) is 5.88 Å². The van der Waals surface area contributed by atoms with E-state index in [1.807, 2.05) is 0 Å². The predicted octanol–water partition coefficient (Wildman–Crippen LogP) is 2.09. The van der Waals surface area contributed by atoms with E-state index in [0.29, 0.717) is 11.8 Å². The summed E-state index contributed by atoms with van der Waals surface area (Å²) in [5, 5.41) is 3.20. The Bertz CT molecular complexity index is 312. The van der Waals surface area contributed by atoms with E-state index in [1.165, 1.54) is 25.7 Å². The summed E-state index contributed by atoms with van der Waals surface area (Å²) in [6.45, 7) is 0.948. The van der Waals surface area contributed by atoms with Gasteiger partial charge in [-0.2, -0.15) is 4.98 Å². The summed E-state index contributed by atoms with van der Waals surface area (Å²) in [5.74, 6) is 2.26. The number of methoxy groups -OCH3 is 1. The average molecular weight is 207 g/mol. The van der Waals surface area contributed by atoms with Gasteiger partial charge in [-0.25, -0.2) is 4.98 Å². The molecule has 82 valence electrons. The molecule has 0 atom stereocenters. The van der Waals surface area contributed by atoms with Gasteiger partial charge in [0, 0.05) is 18.8 Å². The van der Waals surface area contributed by atoms with Gasteiger partial charge in [0.1, 0.15) is 0 Å². The lowest BCUT2D eigenvalue weighted by Gasteiger charge is -2.05. The maximum absolute atomic E-state index is 5.02. The lowest BCUT2D eigenvalue weighted by atomic mass is 10.2. The maximum Gasteiger partial charge on any atom is 0.225 e. The Balaban J connectivity index is 1.71. The van der Waals surface area contributed by atoms with E-state index in [2.05, 4.69) is 15.3 Å². The van der Waals surface area contributed by atoms with Gasteiger partial charge in [0.05, 0.1) is 7.11 Å². The number of ether oxygens (including phenoxy) is 1. The summed E-state index contributed by atoms with van der Waals surface area (Å²) in [4.78, 5) is 8.30. The molecule has 0 unspecified atom stereocenters. The molecule has 0 spiro atoms. The second kappa shape index (κ2) is 4.96. The number of nitrogens with zero attached hydrogens (tertiary/aromatic N) is 2. The third-order valence-electron chi connectivity index (χ3n) is 2.61. The van der Waals surface area contributed by atoms with Crippen molar-refractivity contribution in [2.75, 3.05) is 19.0 Å². The van der Waals surface area contributed by atoms with Crippen LogP contribution in [0.25, 0.3) is 0 Å². The molecule has 1 heterocycles. The van der Waals surface area contributed by atoms with E-state index >= 15 is 0 Å². The number of hydrogen-bond donors (Lipinski definition) is 1. The molecule has 15 heavy (non-hydrogen) atoms. The Kier molecular flexibility index (Phi) is 3.37. The Morgan fingerprint density at radius 1 is 1.53 bits per heavy atom. The average Bonchev–Trinajstić information content (AvgIpc) is 3.09. The molecule has 1 aromatic rings. The van der Waals surface area contributed by atoms with Crippen molar-refractivity contribution in [3.8, 4) is 5.88 Å². The Morgan fingerprint density at radius 2 is 2.40 bits per heavy atom. The highest BCUT2D eigenvalue weighted by atomic mass is 16.5. The molecule has 0 radical (unpaired) electrons. The zero-order chi connectivity index (χ0) is 10.5. The zero-order valence-electron chi connectivity index (χ0n) is 9.07. The number of hydrogen-bond acceptors (Lipinski definition) is 4. The number of aromatic nitrogens is 2. The molecule has 1 aliphatic carbocycles. The monoisotopic (exact) mass is 207 g/mol. The molecule has 1 saturated carbocycles. The Morgan fingerprint density at radius 3 is 3.13 bits per heavy atom. The molecular formula is C11H17N3O. The van der Waals surface area contributed by atoms with E-state index in [0.717, 1.165) is 12.5 Å². The summed E-state index contributed by atoms with van der Waals surface area (Å²) >= 11 is 0. The van der Waals surface area contributed by atoms with Crippen LogP contribution in [0.15, 0.2) is 12.3 Å². The van der Waals surface area contributed by atoms with Crippen LogP contribution in [0, 0.1) is 5.92 Å². The van der Waals surface area contributed by atoms with Gasteiger partial charge in [-0.1, -0.05) is 12.8 Å². The molecule has 0 aromatic carbocycles. The van der Waals surface area contributed by atoms with Crippen molar-refractivity contribution in [2.24, 2.45) is 5.92 Å². The van der Waals surface area contributed by atoms with Crippen LogP contribution in [0.3, 0.4) is 0 Å². The topological polar surface area (TPSA) is 47.0 Å². The summed E-state index contributed by atoms with van der Waals surface area (Å²) in [6, 6.07) is 1.75. The number of nitrogens with one attached hydrogen (secondary N) is 1. The molecule has 4 nitrogen and oxygen atoms in total. The summed E-state index contributed by atoms with van der Waals surface area (Å²) in [5.41, 5.74) is 0. The van der Waals surface area contributed by atoms with Crippen LogP contribution in [0.4, 0.5) is 5.95 Å². The van der Waals surface area contributed by atoms with Crippen LogP contribution < -0.4 is 10.1 Å². The molecule has 4 heteroatoms. The van der Waals surface area contributed by atoms with Gasteiger partial charge in [0.15, 0.2) is 0 Å². The Labute approximate surface area is 90.1 Å². The fourth-order valence-corrected chi connectivity index (χ4v) is 1.54. The van der Waals surface area contributed by atoms with Gasteiger partial charge in [-0.05, 0) is 18.8 Å². The Hall–Kier alpha value is -1.32. The highest BCUT2D eigenvalue weighted by molar-refractivity contribution is 5.26. The predicted molar refractivity (Wildman–Crippen MR) is 59.0 cm³/mol. The van der Waals surface area contributed by atoms with E-state index in [1.54, 1.807) is 19.4 Å². The van der Waals surface area contributed by atoms with Crippen molar-refractivity contribution in [3.63, 3.8) is 0 Å². The molecule has 0 bridgehead atoms. The van der Waals surface area contributed by atoms with Gasteiger partial charge in [-0.3, -0.25) is 0 Å². The first-order valence-corrected chi connectivity index (χ1v) is 5.49. The minimum atomic E-state index is 0.606. The van der Waals surface area contributed by atoms with Crippen molar-refractivity contribution in [1.82, 2.24) is 9.97 Å². The highest BCUT2D eigenvalue weighted by Crippen LogP contribution is 2.33. The van der Waals surface area contributed by atoms with Crippen molar-refractivity contribution in [2.45, 2.75) is 25.7 Å². The summed E-state index contributed by atoms with van der Waals surface area (Å²) < 4.78 is 5.02. The smallest absolute Gasteiger partial charge is 0.225 e. The number of rotatable bonds is 6. The van der Waals surface area contributed by atoms with Crippen LogP contribution >= 0.6 is 0 Å². The lowest BCUT2D eigenvalue weighted by molar-refractivity contribution is 0.397. The minimum Gasteiger partial charge on any atom is -0.481 e. The first kappa shape index (κ1) is 10.2. The maximum atomic E-state index is 5.02. The van der Waals surface area contributed by atoms with Crippen LogP contribution in [-0.2, 0) is 0 Å². The van der Waals surface area contributed by atoms with E-state index in [4.69, 9.17) is 4.74 Å². The molecule has 0 aliphatic heterocycles. The minimum absolute atomic E-state index is 0.606. The first-order chi connectivity index (χ1) is 7.38. The van der Waals surface area contributed by atoms with Crippen LogP contribution in [0.2, 0.25) is 0 Å². The quantitative estimate of drug-likeness (QED) is 0.725. The summed E-state index contributed by atoms with van der Waals surface area (Å²) in [6.07, 6.45) is 7.09. The fourth-order valence-electron chi connectivity index (χ4n) is 1.54. The molecule has 1 aliphatic rings. The fraction of sp³-hybridized carbons (Fsp3) is 0.636. The highest BCUT2D eigenvalue weighted by Gasteiger charge is 2.19. The molecule has 1 N–H and O–H groups in total. The zero-order valence-corrected chi connectivity index (χ0v) is 9.07. The molecule has 0 saturated heterocycles. The van der Waals surface area contributed by atoms with Crippen molar-refractivity contribution in [1.29, 1.82) is 0 Å². The van der Waals surface area contributed by atoms with Crippen molar-refractivity contribution in [3.05, 3.63) is 12.3 Å². The van der Waals surface area contributed by atoms with Gasteiger partial charge >= 0.3 is 0 Å². The van der Waals surface area contributed by atoms with Gasteiger partial charge in [0.2, 0.25) is 11.8 Å². The van der Waals surface area contributed by atoms with E-state index in [9.17, 15) is 0 Å². The molecule has 0 amide bonds. The van der Waals surface area contributed by atoms with Crippen molar-refractivity contribution < 1.29 is 4.74 Å². The molecule has 1 fully saturated rings. The van der Waals surface area contributed by atoms with Gasteiger partial charge in [-0.15, -0.1) is 0 Å². The second-order valence-corrected chi connectivity index (χ2v) is 3.93. The molecule has 2 rings (SSSR count). The largest absolute Gasteiger partial charge is 0.481 e. The normalized spacial score (nSPS) is 15.0. The van der Waals surface area contributed by atoms with Gasteiger partial charge in [0.25, 0.3) is 0 Å². The molecule has 1 aromatic heterocycles. The lowest BCUT2D eigenvalue weighted by Crippen LogP contribution is -2.05.